The minimum absolute atomic E-state index is 0.239. The molecule has 0 fully saturated rings. The number of carbonyl (C=O) groups is 1. The zero-order valence-electron chi connectivity index (χ0n) is 13.7. The summed E-state index contributed by atoms with van der Waals surface area (Å²) in [5.41, 5.74) is -0.241. The zero-order chi connectivity index (χ0) is 17.0. The van der Waals surface area contributed by atoms with Crippen LogP contribution in [0.4, 0.5) is 0 Å². The van der Waals surface area contributed by atoms with E-state index >= 15 is 0 Å². The number of esters is 1. The molecule has 126 valence electrons. The maximum absolute atomic E-state index is 11.2. The maximum Gasteiger partial charge on any atom is 0.309 e. The Balaban J connectivity index is 2.06. The summed E-state index contributed by atoms with van der Waals surface area (Å²) < 4.78 is 4.50. The molecule has 0 amide bonds. The first-order valence-electron chi connectivity index (χ1n) is 7.92. The van der Waals surface area contributed by atoms with Crippen molar-refractivity contribution in [3.8, 4) is 6.07 Å². The van der Waals surface area contributed by atoms with E-state index in [9.17, 15) is 9.90 Å². The highest BCUT2D eigenvalue weighted by molar-refractivity contribution is 7.99. The Labute approximate surface area is 142 Å². The first-order chi connectivity index (χ1) is 11.1. The van der Waals surface area contributed by atoms with Crippen molar-refractivity contribution in [1.29, 1.82) is 5.26 Å². The Morgan fingerprint density at radius 2 is 1.96 bits per heavy atom. The van der Waals surface area contributed by atoms with E-state index in [0.717, 1.165) is 25.0 Å². The molecule has 4 nitrogen and oxygen atoms in total. The van der Waals surface area contributed by atoms with Crippen LogP contribution in [0.15, 0.2) is 30.3 Å². The van der Waals surface area contributed by atoms with Crippen LogP contribution >= 0.6 is 11.8 Å². The molecule has 0 spiro atoms. The standard InChI is InChI=1S/C18H25NO3S/c1-22-17(20)13-18(21,14-19)15-23-12-8-3-2-5-9-16-10-6-4-7-11-16/h4,6-7,10-11,21H,2-3,5,8-9,12-13,15H2,1H3. The molecule has 1 aromatic carbocycles. The molecule has 0 saturated heterocycles. The van der Waals surface area contributed by atoms with Crippen molar-refractivity contribution >= 4 is 17.7 Å². The first-order valence-corrected chi connectivity index (χ1v) is 9.07. The van der Waals surface area contributed by atoms with Crippen molar-refractivity contribution in [2.75, 3.05) is 18.6 Å². The molecule has 0 aliphatic rings. The van der Waals surface area contributed by atoms with Gasteiger partial charge in [-0.3, -0.25) is 4.79 Å². The molecule has 0 heterocycles. The predicted octanol–water partition coefficient (Wildman–Crippen LogP) is 3.34. The van der Waals surface area contributed by atoms with Gasteiger partial charge in [0.2, 0.25) is 0 Å². The van der Waals surface area contributed by atoms with Crippen molar-refractivity contribution in [2.45, 2.75) is 44.1 Å². The summed E-state index contributed by atoms with van der Waals surface area (Å²) in [6, 6.07) is 12.3. The van der Waals surface area contributed by atoms with E-state index in [1.54, 1.807) is 6.07 Å². The van der Waals surface area contributed by atoms with E-state index < -0.39 is 11.6 Å². The van der Waals surface area contributed by atoms with Gasteiger partial charge >= 0.3 is 5.97 Å². The number of ether oxygens (including phenoxy) is 1. The van der Waals surface area contributed by atoms with Gasteiger partial charge in [-0.05, 0) is 30.6 Å². The molecule has 1 aromatic rings. The highest BCUT2D eigenvalue weighted by atomic mass is 32.2. The van der Waals surface area contributed by atoms with E-state index in [-0.39, 0.29) is 12.2 Å². The van der Waals surface area contributed by atoms with Crippen molar-refractivity contribution in [3.63, 3.8) is 0 Å². The van der Waals surface area contributed by atoms with Crippen LogP contribution in [0.2, 0.25) is 0 Å². The van der Waals surface area contributed by atoms with Crippen LogP contribution in [0.5, 0.6) is 0 Å². The Morgan fingerprint density at radius 1 is 1.26 bits per heavy atom. The molecular formula is C18H25NO3S. The third-order valence-corrected chi connectivity index (χ3v) is 4.82. The molecule has 1 unspecified atom stereocenters. The van der Waals surface area contributed by atoms with Crippen molar-refractivity contribution in [2.24, 2.45) is 0 Å². The van der Waals surface area contributed by atoms with Crippen LogP contribution in [-0.4, -0.2) is 35.3 Å². The third-order valence-electron chi connectivity index (χ3n) is 3.56. The molecule has 0 radical (unpaired) electrons. The molecule has 23 heavy (non-hydrogen) atoms. The van der Waals surface area contributed by atoms with Gasteiger partial charge in [-0.15, -0.1) is 0 Å². The van der Waals surface area contributed by atoms with Crippen molar-refractivity contribution in [3.05, 3.63) is 35.9 Å². The minimum Gasteiger partial charge on any atom is -0.469 e. The normalized spacial score (nSPS) is 13.1. The largest absolute Gasteiger partial charge is 0.469 e. The Bertz CT molecular complexity index is 501. The van der Waals surface area contributed by atoms with Crippen LogP contribution < -0.4 is 0 Å². The fourth-order valence-corrected chi connectivity index (χ4v) is 3.26. The fourth-order valence-electron chi connectivity index (χ4n) is 2.21. The molecule has 1 atom stereocenters. The smallest absolute Gasteiger partial charge is 0.309 e. The predicted molar refractivity (Wildman–Crippen MR) is 93.1 cm³/mol. The van der Waals surface area contributed by atoms with Gasteiger partial charge < -0.3 is 9.84 Å². The van der Waals surface area contributed by atoms with Gasteiger partial charge in [-0.1, -0.05) is 43.2 Å². The van der Waals surface area contributed by atoms with Crippen LogP contribution in [0.1, 0.15) is 37.7 Å². The number of rotatable bonds is 11. The van der Waals surface area contributed by atoms with Crippen LogP contribution in [0, 0.1) is 11.3 Å². The summed E-state index contributed by atoms with van der Waals surface area (Å²) in [4.78, 5) is 11.2. The molecule has 0 aromatic heterocycles. The second-order valence-electron chi connectivity index (χ2n) is 5.60. The molecule has 0 aliphatic carbocycles. The summed E-state index contributed by atoms with van der Waals surface area (Å²) in [6.45, 7) is 0. The lowest BCUT2D eigenvalue weighted by molar-refractivity contribution is -0.143. The molecule has 0 bridgehead atoms. The van der Waals surface area contributed by atoms with Gasteiger partial charge in [0.15, 0.2) is 5.60 Å². The average molecular weight is 335 g/mol. The number of unbranched alkanes of at least 4 members (excludes halogenated alkanes) is 3. The lowest BCUT2D eigenvalue weighted by Crippen LogP contribution is -2.33. The van der Waals surface area contributed by atoms with Gasteiger partial charge in [-0.25, -0.2) is 0 Å². The number of nitrogens with zero attached hydrogens (tertiary/aromatic N) is 1. The fraction of sp³-hybridized carbons (Fsp3) is 0.556. The number of aliphatic hydroxyl groups is 1. The van der Waals surface area contributed by atoms with Crippen LogP contribution in [0.3, 0.4) is 0 Å². The second kappa shape index (κ2) is 11.1. The highest BCUT2D eigenvalue weighted by Crippen LogP contribution is 2.19. The van der Waals surface area contributed by atoms with E-state index in [4.69, 9.17) is 5.26 Å². The first kappa shape index (κ1) is 19.5. The van der Waals surface area contributed by atoms with Crippen LogP contribution in [-0.2, 0) is 16.0 Å². The molecular weight excluding hydrogens is 310 g/mol. The quantitative estimate of drug-likeness (QED) is 0.381. The number of methoxy groups -OCH3 is 1. The SMILES string of the molecule is COC(=O)CC(O)(C#N)CSCCCCCCc1ccccc1. The zero-order valence-corrected chi connectivity index (χ0v) is 14.5. The molecule has 1 N–H and O–H groups in total. The maximum atomic E-state index is 11.2. The average Bonchev–Trinajstić information content (AvgIpc) is 2.58. The van der Waals surface area contributed by atoms with Gasteiger partial charge in [-0.2, -0.15) is 17.0 Å². The third kappa shape index (κ3) is 8.63. The van der Waals surface area contributed by atoms with E-state index in [1.165, 1.54) is 37.3 Å². The van der Waals surface area contributed by atoms with E-state index in [0.29, 0.717) is 0 Å². The number of hydrogen-bond acceptors (Lipinski definition) is 5. The molecule has 0 aliphatic heterocycles. The van der Waals surface area contributed by atoms with Crippen molar-refractivity contribution in [1.82, 2.24) is 0 Å². The lowest BCUT2D eigenvalue weighted by Gasteiger charge is -2.18. The minimum atomic E-state index is -1.62. The Hall–Kier alpha value is -1.51. The highest BCUT2D eigenvalue weighted by Gasteiger charge is 2.30. The summed E-state index contributed by atoms with van der Waals surface area (Å²) >= 11 is 1.51. The van der Waals surface area contributed by atoms with Gasteiger partial charge in [0.1, 0.15) is 0 Å². The lowest BCUT2D eigenvalue weighted by atomic mass is 10.1. The molecule has 1 rings (SSSR count). The monoisotopic (exact) mass is 335 g/mol. The number of aryl methyl sites for hydroxylation is 1. The van der Waals surface area contributed by atoms with Crippen LogP contribution in [0.25, 0.3) is 0 Å². The Kier molecular flexibility index (Phi) is 9.42. The number of carbonyl (C=O) groups excluding carboxylic acids is 1. The Morgan fingerprint density at radius 3 is 2.61 bits per heavy atom. The summed E-state index contributed by atoms with van der Waals surface area (Å²) in [7, 11) is 1.25. The van der Waals surface area contributed by atoms with E-state index in [1.807, 2.05) is 6.07 Å². The number of thioether (sulfide) groups is 1. The summed E-state index contributed by atoms with van der Waals surface area (Å²) in [5, 5.41) is 19.0. The molecule has 5 heteroatoms. The van der Waals surface area contributed by atoms with E-state index in [2.05, 4.69) is 29.0 Å². The number of nitriles is 1. The summed E-state index contributed by atoms with van der Waals surface area (Å²) in [6.07, 6.45) is 5.39. The topological polar surface area (TPSA) is 70.3 Å². The van der Waals surface area contributed by atoms with Gasteiger partial charge in [0.05, 0.1) is 19.6 Å². The molecule has 0 saturated carbocycles. The van der Waals surface area contributed by atoms with Gasteiger partial charge in [0, 0.05) is 5.75 Å². The van der Waals surface area contributed by atoms with Gasteiger partial charge in [0.25, 0.3) is 0 Å². The number of hydrogen-bond donors (Lipinski definition) is 1. The number of benzene rings is 1. The van der Waals surface area contributed by atoms with Crippen molar-refractivity contribution < 1.29 is 14.6 Å². The summed E-state index contributed by atoms with van der Waals surface area (Å²) in [5.74, 6) is 0.564. The second-order valence-corrected chi connectivity index (χ2v) is 6.70.